The standard InChI is InChI=1S/C15H17NO4/c1-19-12-6-11(7-12)16-8-9-2-3-13-10(4-9)5-14(20-13)15(17)18/h2-5,11-12,16H,6-8H2,1H3,(H,17,18). The molecule has 0 saturated heterocycles. The third-order valence-corrected chi connectivity index (χ3v) is 3.81. The van der Waals surface area contributed by atoms with E-state index in [9.17, 15) is 4.79 Å². The lowest BCUT2D eigenvalue weighted by Crippen LogP contribution is -2.44. The molecule has 5 heteroatoms. The smallest absolute Gasteiger partial charge is 0.371 e. The first-order valence-corrected chi connectivity index (χ1v) is 6.67. The van der Waals surface area contributed by atoms with Crippen molar-refractivity contribution in [3.8, 4) is 0 Å². The molecule has 3 rings (SSSR count). The normalized spacial score (nSPS) is 21.9. The number of rotatable bonds is 5. The van der Waals surface area contributed by atoms with E-state index in [-0.39, 0.29) is 5.76 Å². The van der Waals surface area contributed by atoms with Gasteiger partial charge in [-0.05, 0) is 36.6 Å². The van der Waals surface area contributed by atoms with Gasteiger partial charge in [-0.15, -0.1) is 0 Å². The van der Waals surface area contributed by atoms with E-state index in [4.69, 9.17) is 14.3 Å². The van der Waals surface area contributed by atoms with Crippen LogP contribution in [0.15, 0.2) is 28.7 Å². The molecule has 1 aromatic carbocycles. The Balaban J connectivity index is 1.65. The van der Waals surface area contributed by atoms with Crippen LogP contribution < -0.4 is 5.32 Å². The van der Waals surface area contributed by atoms with Crippen LogP contribution >= 0.6 is 0 Å². The van der Waals surface area contributed by atoms with Gasteiger partial charge in [-0.1, -0.05) is 6.07 Å². The van der Waals surface area contributed by atoms with Crippen molar-refractivity contribution in [1.29, 1.82) is 0 Å². The molecule has 1 aromatic heterocycles. The average Bonchev–Trinajstić information content (AvgIpc) is 2.80. The van der Waals surface area contributed by atoms with Gasteiger partial charge in [0.1, 0.15) is 5.58 Å². The van der Waals surface area contributed by atoms with Crippen molar-refractivity contribution >= 4 is 16.9 Å². The van der Waals surface area contributed by atoms with E-state index in [1.54, 1.807) is 13.2 Å². The molecule has 2 aromatic rings. The highest BCUT2D eigenvalue weighted by Gasteiger charge is 2.28. The summed E-state index contributed by atoms with van der Waals surface area (Å²) in [5.41, 5.74) is 1.73. The van der Waals surface area contributed by atoms with Crippen LogP contribution in [0.25, 0.3) is 11.0 Å². The summed E-state index contributed by atoms with van der Waals surface area (Å²) < 4.78 is 10.5. The lowest BCUT2D eigenvalue weighted by molar-refractivity contribution is 0.0170. The third-order valence-electron chi connectivity index (χ3n) is 3.81. The molecule has 106 valence electrons. The number of furan rings is 1. The predicted molar refractivity (Wildman–Crippen MR) is 73.8 cm³/mol. The van der Waals surface area contributed by atoms with Crippen LogP contribution in [0.3, 0.4) is 0 Å². The molecule has 0 radical (unpaired) electrons. The van der Waals surface area contributed by atoms with Gasteiger partial charge in [0.25, 0.3) is 0 Å². The number of benzene rings is 1. The van der Waals surface area contributed by atoms with E-state index < -0.39 is 5.97 Å². The lowest BCUT2D eigenvalue weighted by Gasteiger charge is -2.34. The van der Waals surface area contributed by atoms with Crippen molar-refractivity contribution in [2.24, 2.45) is 0 Å². The number of aromatic carboxylic acids is 1. The SMILES string of the molecule is COC1CC(NCc2ccc3oc(C(=O)O)cc3c2)C1. The molecule has 0 bridgehead atoms. The molecule has 0 spiro atoms. The number of fused-ring (bicyclic) bond motifs is 1. The molecular formula is C15H17NO4. The fourth-order valence-corrected chi connectivity index (χ4v) is 2.50. The highest BCUT2D eigenvalue weighted by molar-refractivity contribution is 5.91. The average molecular weight is 275 g/mol. The van der Waals surface area contributed by atoms with Gasteiger partial charge in [-0.25, -0.2) is 4.79 Å². The summed E-state index contributed by atoms with van der Waals surface area (Å²) in [6.07, 6.45) is 2.49. The monoisotopic (exact) mass is 275 g/mol. The maximum Gasteiger partial charge on any atom is 0.371 e. The highest BCUT2D eigenvalue weighted by atomic mass is 16.5. The van der Waals surface area contributed by atoms with Crippen LogP contribution in [0.4, 0.5) is 0 Å². The Hall–Kier alpha value is -1.85. The molecule has 5 nitrogen and oxygen atoms in total. The summed E-state index contributed by atoms with van der Waals surface area (Å²) in [5.74, 6) is -1.06. The Labute approximate surface area is 116 Å². The number of carboxylic acids is 1. The predicted octanol–water partition coefficient (Wildman–Crippen LogP) is 2.40. The molecular weight excluding hydrogens is 258 g/mol. The summed E-state index contributed by atoms with van der Waals surface area (Å²) >= 11 is 0. The first-order chi connectivity index (χ1) is 9.65. The van der Waals surface area contributed by atoms with Gasteiger partial charge < -0.3 is 19.6 Å². The molecule has 0 unspecified atom stereocenters. The van der Waals surface area contributed by atoms with E-state index >= 15 is 0 Å². The van der Waals surface area contributed by atoms with Crippen LogP contribution in [-0.4, -0.2) is 30.3 Å². The Morgan fingerprint density at radius 3 is 2.95 bits per heavy atom. The number of hydrogen-bond acceptors (Lipinski definition) is 4. The minimum atomic E-state index is -1.04. The van der Waals surface area contributed by atoms with Crippen molar-refractivity contribution in [3.63, 3.8) is 0 Å². The van der Waals surface area contributed by atoms with E-state index in [2.05, 4.69) is 5.32 Å². The Morgan fingerprint density at radius 2 is 2.25 bits per heavy atom. The quantitative estimate of drug-likeness (QED) is 0.876. The molecule has 2 N–H and O–H groups in total. The number of nitrogens with one attached hydrogen (secondary N) is 1. The Morgan fingerprint density at radius 1 is 1.45 bits per heavy atom. The van der Waals surface area contributed by atoms with Gasteiger partial charge in [0.05, 0.1) is 6.10 Å². The molecule has 1 aliphatic carbocycles. The zero-order valence-corrected chi connectivity index (χ0v) is 11.3. The summed E-state index contributed by atoms with van der Waals surface area (Å²) in [6.45, 7) is 0.768. The molecule has 0 atom stereocenters. The molecule has 0 amide bonds. The number of carbonyl (C=O) groups is 1. The van der Waals surface area contributed by atoms with Crippen LogP contribution in [0, 0.1) is 0 Å². The van der Waals surface area contributed by atoms with Gasteiger partial charge in [0.15, 0.2) is 0 Å². The Bertz CT molecular complexity index is 628. The minimum Gasteiger partial charge on any atom is -0.475 e. The number of ether oxygens (including phenoxy) is 1. The van der Waals surface area contributed by atoms with Gasteiger partial charge in [-0.3, -0.25) is 0 Å². The Kier molecular flexibility index (Phi) is 3.46. The number of hydrogen-bond donors (Lipinski definition) is 2. The summed E-state index contributed by atoms with van der Waals surface area (Å²) in [6, 6.07) is 7.81. The maximum atomic E-state index is 10.9. The minimum absolute atomic E-state index is 0.0213. The van der Waals surface area contributed by atoms with Crippen molar-refractivity contribution in [1.82, 2.24) is 5.32 Å². The van der Waals surface area contributed by atoms with Gasteiger partial charge in [0, 0.05) is 25.1 Å². The van der Waals surface area contributed by atoms with Crippen molar-refractivity contribution in [3.05, 3.63) is 35.6 Å². The molecule has 1 aliphatic rings. The van der Waals surface area contributed by atoms with Crippen molar-refractivity contribution in [2.45, 2.75) is 31.5 Å². The number of carboxylic acid groups (broad SMARTS) is 1. The zero-order chi connectivity index (χ0) is 14.1. The second kappa shape index (κ2) is 5.26. The van der Waals surface area contributed by atoms with Crippen LogP contribution in [0.1, 0.15) is 29.0 Å². The van der Waals surface area contributed by atoms with Gasteiger partial charge in [0.2, 0.25) is 5.76 Å². The fourth-order valence-electron chi connectivity index (χ4n) is 2.50. The zero-order valence-electron chi connectivity index (χ0n) is 11.3. The van der Waals surface area contributed by atoms with Crippen molar-refractivity contribution < 1.29 is 19.1 Å². The molecule has 1 saturated carbocycles. The number of methoxy groups -OCH3 is 1. The summed E-state index contributed by atoms with van der Waals surface area (Å²) in [5, 5.41) is 13.2. The van der Waals surface area contributed by atoms with E-state index in [0.29, 0.717) is 17.7 Å². The first kappa shape index (κ1) is 13.1. The maximum absolute atomic E-state index is 10.9. The van der Waals surface area contributed by atoms with Crippen molar-refractivity contribution in [2.75, 3.05) is 7.11 Å². The second-order valence-electron chi connectivity index (χ2n) is 5.19. The largest absolute Gasteiger partial charge is 0.475 e. The summed E-state index contributed by atoms with van der Waals surface area (Å²) in [7, 11) is 1.74. The molecule has 20 heavy (non-hydrogen) atoms. The van der Waals surface area contributed by atoms with Gasteiger partial charge in [-0.2, -0.15) is 0 Å². The van der Waals surface area contributed by atoms with E-state index in [0.717, 1.165) is 30.3 Å². The molecule has 1 heterocycles. The van der Waals surface area contributed by atoms with Crippen LogP contribution in [0.5, 0.6) is 0 Å². The third kappa shape index (κ3) is 2.55. The van der Waals surface area contributed by atoms with E-state index in [1.165, 1.54) is 0 Å². The first-order valence-electron chi connectivity index (χ1n) is 6.67. The fraction of sp³-hybridized carbons (Fsp3) is 0.400. The lowest BCUT2D eigenvalue weighted by atomic mass is 9.89. The summed E-state index contributed by atoms with van der Waals surface area (Å²) in [4.78, 5) is 10.9. The second-order valence-corrected chi connectivity index (χ2v) is 5.19. The highest BCUT2D eigenvalue weighted by Crippen LogP contribution is 2.24. The topological polar surface area (TPSA) is 71.7 Å². The molecule has 0 aliphatic heterocycles. The van der Waals surface area contributed by atoms with Crippen LogP contribution in [0.2, 0.25) is 0 Å². The van der Waals surface area contributed by atoms with Crippen LogP contribution in [-0.2, 0) is 11.3 Å². The van der Waals surface area contributed by atoms with E-state index in [1.807, 2.05) is 18.2 Å². The molecule has 1 fully saturated rings. The van der Waals surface area contributed by atoms with Gasteiger partial charge >= 0.3 is 5.97 Å².